The van der Waals surface area contributed by atoms with E-state index in [4.69, 9.17) is 19.2 Å². The molecule has 1 unspecified atom stereocenters. The number of aromatic nitrogens is 4. The standard InChI is InChI=1S/C18H21N5O4S/c1-25-13-5-6-14(26-2)17-16(13)21-18(28-17)23(8-12-4-3-7-27-12)15(24)9-22-11-19-10-20-22/h5-6,10-12H,3-4,7-9H2,1-2H3. The summed E-state index contributed by atoms with van der Waals surface area (Å²) >= 11 is 1.40. The summed E-state index contributed by atoms with van der Waals surface area (Å²) in [4.78, 5) is 23.3. The van der Waals surface area contributed by atoms with E-state index in [9.17, 15) is 4.79 Å². The van der Waals surface area contributed by atoms with Crippen molar-refractivity contribution < 1.29 is 19.0 Å². The molecule has 1 saturated heterocycles. The van der Waals surface area contributed by atoms with Gasteiger partial charge in [0.05, 0.1) is 26.9 Å². The fourth-order valence-electron chi connectivity index (χ4n) is 3.21. The van der Waals surface area contributed by atoms with Gasteiger partial charge in [0.2, 0.25) is 0 Å². The van der Waals surface area contributed by atoms with Gasteiger partial charge in [0, 0.05) is 6.61 Å². The summed E-state index contributed by atoms with van der Waals surface area (Å²) in [5.74, 6) is 1.21. The van der Waals surface area contributed by atoms with Crippen LogP contribution in [0.1, 0.15) is 12.8 Å². The maximum absolute atomic E-state index is 13.1. The van der Waals surface area contributed by atoms with E-state index in [2.05, 4.69) is 10.1 Å². The van der Waals surface area contributed by atoms with Crippen molar-refractivity contribution >= 4 is 32.6 Å². The first-order chi connectivity index (χ1) is 13.7. The Bertz CT molecular complexity index is 911. The predicted molar refractivity (Wildman–Crippen MR) is 104 cm³/mol. The van der Waals surface area contributed by atoms with Crippen molar-refractivity contribution in [2.75, 3.05) is 32.3 Å². The largest absolute Gasteiger partial charge is 0.495 e. The molecule has 0 bridgehead atoms. The first kappa shape index (κ1) is 18.6. The SMILES string of the molecule is COc1ccc(OC)c2sc(N(CC3CCCO3)C(=O)Cn3cncn3)nc12. The molecule has 1 aliphatic rings. The van der Waals surface area contributed by atoms with Gasteiger partial charge in [-0.3, -0.25) is 9.69 Å². The minimum atomic E-state index is -0.127. The predicted octanol–water partition coefficient (Wildman–Crippen LogP) is 2.12. The summed E-state index contributed by atoms with van der Waals surface area (Å²) < 4.78 is 19.0. The molecule has 4 rings (SSSR count). The van der Waals surface area contributed by atoms with Crippen LogP contribution in [0.5, 0.6) is 11.5 Å². The van der Waals surface area contributed by atoms with E-state index in [0.717, 1.165) is 24.1 Å². The zero-order chi connectivity index (χ0) is 19.5. The zero-order valence-electron chi connectivity index (χ0n) is 15.7. The number of anilines is 1. The van der Waals surface area contributed by atoms with E-state index >= 15 is 0 Å². The van der Waals surface area contributed by atoms with E-state index in [1.807, 2.05) is 12.1 Å². The Morgan fingerprint density at radius 1 is 1.36 bits per heavy atom. The Balaban J connectivity index is 1.71. The van der Waals surface area contributed by atoms with E-state index in [0.29, 0.717) is 28.7 Å². The quantitative estimate of drug-likeness (QED) is 0.597. The lowest BCUT2D eigenvalue weighted by Crippen LogP contribution is -2.39. The van der Waals surface area contributed by atoms with Crippen LogP contribution in [-0.4, -0.2) is 59.1 Å². The van der Waals surface area contributed by atoms with Crippen LogP contribution in [0.2, 0.25) is 0 Å². The number of rotatable bonds is 7. The van der Waals surface area contributed by atoms with Crippen LogP contribution in [0.4, 0.5) is 5.13 Å². The average Bonchev–Trinajstić information content (AvgIpc) is 3.46. The third-order valence-corrected chi connectivity index (χ3v) is 5.70. The lowest BCUT2D eigenvalue weighted by atomic mass is 10.2. The Kier molecular flexibility index (Phi) is 5.40. The van der Waals surface area contributed by atoms with Gasteiger partial charge < -0.3 is 14.2 Å². The second-order valence-electron chi connectivity index (χ2n) is 6.38. The summed E-state index contributed by atoms with van der Waals surface area (Å²) in [5.41, 5.74) is 0.674. The molecule has 0 aliphatic carbocycles. The summed E-state index contributed by atoms with van der Waals surface area (Å²) in [5, 5.41) is 4.61. The van der Waals surface area contributed by atoms with E-state index in [1.165, 1.54) is 28.7 Å². The van der Waals surface area contributed by atoms with Gasteiger partial charge >= 0.3 is 0 Å². The molecular weight excluding hydrogens is 382 g/mol. The molecular formula is C18H21N5O4S. The van der Waals surface area contributed by atoms with Crippen LogP contribution >= 0.6 is 11.3 Å². The smallest absolute Gasteiger partial charge is 0.250 e. The van der Waals surface area contributed by atoms with E-state index in [1.54, 1.807) is 19.1 Å². The molecule has 10 heteroatoms. The fourth-order valence-corrected chi connectivity index (χ4v) is 4.31. The van der Waals surface area contributed by atoms with Crippen LogP contribution in [-0.2, 0) is 16.1 Å². The molecule has 1 atom stereocenters. The number of carbonyl (C=O) groups is 1. The number of ether oxygens (including phenoxy) is 3. The third-order valence-electron chi connectivity index (χ3n) is 4.60. The number of methoxy groups -OCH3 is 2. The van der Waals surface area contributed by atoms with Gasteiger partial charge in [0.15, 0.2) is 5.13 Å². The minimum absolute atomic E-state index is 0.00417. The monoisotopic (exact) mass is 403 g/mol. The second-order valence-corrected chi connectivity index (χ2v) is 7.35. The molecule has 1 amide bonds. The van der Waals surface area contributed by atoms with Crippen molar-refractivity contribution in [1.82, 2.24) is 19.7 Å². The fraction of sp³-hybridized carbons (Fsp3) is 0.444. The maximum atomic E-state index is 13.1. The number of amides is 1. The van der Waals surface area contributed by atoms with E-state index < -0.39 is 0 Å². The van der Waals surface area contributed by atoms with Crippen LogP contribution in [0, 0.1) is 0 Å². The molecule has 1 fully saturated rings. The zero-order valence-corrected chi connectivity index (χ0v) is 16.5. The highest BCUT2D eigenvalue weighted by Crippen LogP contribution is 2.40. The van der Waals surface area contributed by atoms with Gasteiger partial charge in [-0.05, 0) is 25.0 Å². The van der Waals surface area contributed by atoms with Crippen molar-refractivity contribution in [3.8, 4) is 11.5 Å². The number of benzene rings is 1. The first-order valence-electron chi connectivity index (χ1n) is 8.95. The van der Waals surface area contributed by atoms with Crippen LogP contribution in [0.25, 0.3) is 10.2 Å². The lowest BCUT2D eigenvalue weighted by molar-refractivity contribution is -0.119. The van der Waals surface area contributed by atoms with Gasteiger partial charge in [0.25, 0.3) is 5.91 Å². The highest BCUT2D eigenvalue weighted by molar-refractivity contribution is 7.22. The molecule has 0 saturated carbocycles. The highest BCUT2D eigenvalue weighted by atomic mass is 32.1. The molecule has 0 spiro atoms. The lowest BCUT2D eigenvalue weighted by Gasteiger charge is -2.22. The summed E-state index contributed by atoms with van der Waals surface area (Å²) in [6, 6.07) is 3.65. The van der Waals surface area contributed by atoms with Crippen molar-refractivity contribution in [2.24, 2.45) is 0 Å². The van der Waals surface area contributed by atoms with Gasteiger partial charge in [-0.25, -0.2) is 14.6 Å². The van der Waals surface area contributed by atoms with Crippen LogP contribution in [0.3, 0.4) is 0 Å². The minimum Gasteiger partial charge on any atom is -0.495 e. The number of nitrogens with zero attached hydrogens (tertiary/aromatic N) is 5. The molecule has 1 aliphatic heterocycles. The number of fused-ring (bicyclic) bond motifs is 1. The first-order valence-corrected chi connectivity index (χ1v) is 9.77. The molecule has 28 heavy (non-hydrogen) atoms. The number of hydrogen-bond donors (Lipinski definition) is 0. The number of thiazole rings is 1. The average molecular weight is 403 g/mol. The Labute approximate surface area is 165 Å². The van der Waals surface area contributed by atoms with Gasteiger partial charge in [-0.2, -0.15) is 5.10 Å². The number of hydrogen-bond acceptors (Lipinski definition) is 8. The second kappa shape index (κ2) is 8.11. The van der Waals surface area contributed by atoms with Crippen molar-refractivity contribution in [3.05, 3.63) is 24.8 Å². The molecule has 2 aromatic heterocycles. The van der Waals surface area contributed by atoms with Crippen molar-refractivity contribution in [1.29, 1.82) is 0 Å². The highest BCUT2D eigenvalue weighted by Gasteiger charge is 2.27. The third kappa shape index (κ3) is 3.65. The van der Waals surface area contributed by atoms with E-state index in [-0.39, 0.29) is 18.6 Å². The van der Waals surface area contributed by atoms with Gasteiger partial charge in [0.1, 0.15) is 40.9 Å². The topological polar surface area (TPSA) is 91.6 Å². The van der Waals surface area contributed by atoms with Crippen LogP contribution < -0.4 is 14.4 Å². The summed E-state index contributed by atoms with van der Waals surface area (Å²) in [6.45, 7) is 1.24. The van der Waals surface area contributed by atoms with Crippen molar-refractivity contribution in [3.63, 3.8) is 0 Å². The summed E-state index contributed by atoms with van der Waals surface area (Å²) in [7, 11) is 3.21. The molecule has 0 N–H and O–H groups in total. The molecule has 3 heterocycles. The Morgan fingerprint density at radius 2 is 2.18 bits per heavy atom. The Hall–Kier alpha value is -2.72. The van der Waals surface area contributed by atoms with Crippen LogP contribution in [0.15, 0.2) is 24.8 Å². The Morgan fingerprint density at radius 3 is 2.86 bits per heavy atom. The van der Waals surface area contributed by atoms with Crippen molar-refractivity contribution in [2.45, 2.75) is 25.5 Å². The molecule has 148 valence electrons. The number of carbonyl (C=O) groups excluding carboxylic acids is 1. The molecule has 0 radical (unpaired) electrons. The van der Waals surface area contributed by atoms with Gasteiger partial charge in [-0.15, -0.1) is 0 Å². The molecule has 3 aromatic rings. The normalized spacial score (nSPS) is 16.4. The molecule has 1 aromatic carbocycles. The maximum Gasteiger partial charge on any atom is 0.250 e. The summed E-state index contributed by atoms with van der Waals surface area (Å²) in [6.07, 6.45) is 4.84. The molecule has 9 nitrogen and oxygen atoms in total. The van der Waals surface area contributed by atoms with Gasteiger partial charge in [-0.1, -0.05) is 11.3 Å².